The molecule has 2 saturated heterocycles. The summed E-state index contributed by atoms with van der Waals surface area (Å²) in [6.45, 7) is 6.96. The highest BCUT2D eigenvalue weighted by molar-refractivity contribution is 7.89. The lowest BCUT2D eigenvalue weighted by Gasteiger charge is -2.30. The Balaban J connectivity index is 1.39. The smallest absolute Gasteiger partial charge is 0.257 e. The average Bonchev–Trinajstić information content (AvgIpc) is 3.30. The molecule has 1 N–H and O–H groups in total. The number of nitrogens with zero attached hydrogens (tertiary/aromatic N) is 3. The van der Waals surface area contributed by atoms with Crippen LogP contribution in [0.4, 0.5) is 5.00 Å². The van der Waals surface area contributed by atoms with E-state index in [4.69, 9.17) is 0 Å². The fourth-order valence-corrected chi connectivity index (χ4v) is 8.56. The maximum absolute atomic E-state index is 13.6. The van der Waals surface area contributed by atoms with Crippen molar-refractivity contribution >= 4 is 44.1 Å². The Bertz CT molecular complexity index is 1360. The van der Waals surface area contributed by atoms with E-state index in [1.54, 1.807) is 4.90 Å². The lowest BCUT2D eigenvalue weighted by Crippen LogP contribution is -2.39. The minimum absolute atomic E-state index is 0.0161. The van der Waals surface area contributed by atoms with Gasteiger partial charge in [0.15, 0.2) is 0 Å². The number of carbonyl (C=O) groups is 3. The second kappa shape index (κ2) is 11.4. The summed E-state index contributed by atoms with van der Waals surface area (Å²) in [7, 11) is -3.62. The fourth-order valence-electron chi connectivity index (χ4n) is 5.71. The molecule has 5 rings (SSSR count). The summed E-state index contributed by atoms with van der Waals surface area (Å²) in [6.07, 6.45) is 5.46. The topological polar surface area (TPSA) is 107 Å². The monoisotopic (exact) mass is 572 g/mol. The highest BCUT2D eigenvalue weighted by Gasteiger charge is 2.33. The van der Waals surface area contributed by atoms with Gasteiger partial charge in [0.25, 0.3) is 11.8 Å². The zero-order chi connectivity index (χ0) is 27.7. The molecule has 1 unspecified atom stereocenters. The Morgan fingerprint density at radius 2 is 1.67 bits per heavy atom. The second-order valence-corrected chi connectivity index (χ2v) is 13.9. The van der Waals surface area contributed by atoms with Gasteiger partial charge in [-0.25, -0.2) is 8.42 Å². The molecule has 1 aromatic carbocycles. The van der Waals surface area contributed by atoms with Gasteiger partial charge in [-0.1, -0.05) is 6.92 Å². The van der Waals surface area contributed by atoms with Crippen LogP contribution >= 0.6 is 11.3 Å². The van der Waals surface area contributed by atoms with E-state index in [2.05, 4.69) is 12.2 Å². The highest BCUT2D eigenvalue weighted by Crippen LogP contribution is 2.38. The van der Waals surface area contributed by atoms with Gasteiger partial charge in [0.2, 0.25) is 15.9 Å². The Kier molecular flexibility index (Phi) is 8.11. The van der Waals surface area contributed by atoms with Gasteiger partial charge in [0.05, 0.1) is 17.0 Å². The first-order valence-corrected chi connectivity index (χ1v) is 16.0. The largest absolute Gasteiger partial charge is 0.339 e. The van der Waals surface area contributed by atoms with Crippen molar-refractivity contribution < 1.29 is 22.8 Å². The molecule has 9 nitrogen and oxygen atoms in total. The van der Waals surface area contributed by atoms with Crippen LogP contribution in [0.2, 0.25) is 0 Å². The average molecular weight is 573 g/mol. The molecule has 1 atom stereocenters. The number of thiophene rings is 1. The standard InChI is InChI=1S/C28H36N4O5S2/c1-19-7-6-15-32(17-19)39(36,37)22-10-8-21(9-11-22)26(34)29-27-25(28(35)30-13-4-3-5-14-30)23-12-16-31(20(2)33)18-24(23)38-27/h8-11,19H,3-7,12-18H2,1-2H3,(H,29,34). The summed E-state index contributed by atoms with van der Waals surface area (Å²) < 4.78 is 27.8. The molecule has 39 heavy (non-hydrogen) atoms. The van der Waals surface area contributed by atoms with Gasteiger partial charge in [-0.15, -0.1) is 11.3 Å². The highest BCUT2D eigenvalue weighted by atomic mass is 32.2. The third kappa shape index (κ3) is 5.76. The number of carbonyl (C=O) groups excluding carboxylic acids is 3. The number of hydrogen-bond donors (Lipinski definition) is 1. The summed E-state index contributed by atoms with van der Waals surface area (Å²) in [5.41, 5.74) is 1.77. The fraction of sp³-hybridized carbons (Fsp3) is 0.536. The maximum Gasteiger partial charge on any atom is 0.257 e. The number of piperidine rings is 2. The molecular formula is C28H36N4O5S2. The van der Waals surface area contributed by atoms with Crippen molar-refractivity contribution in [2.24, 2.45) is 5.92 Å². The zero-order valence-corrected chi connectivity index (χ0v) is 24.2. The van der Waals surface area contributed by atoms with Crippen molar-refractivity contribution in [3.8, 4) is 0 Å². The van der Waals surface area contributed by atoms with Crippen LogP contribution in [0.3, 0.4) is 0 Å². The SMILES string of the molecule is CC(=O)N1CCc2c(sc(NC(=O)c3ccc(S(=O)(=O)N4CCCC(C)C4)cc3)c2C(=O)N2CCCCC2)C1. The van der Waals surface area contributed by atoms with E-state index in [-0.39, 0.29) is 16.7 Å². The van der Waals surface area contributed by atoms with E-state index >= 15 is 0 Å². The third-order valence-corrected chi connectivity index (χ3v) is 11.0. The first kappa shape index (κ1) is 27.8. The number of amides is 3. The van der Waals surface area contributed by atoms with Crippen LogP contribution < -0.4 is 5.32 Å². The van der Waals surface area contributed by atoms with Gasteiger partial charge >= 0.3 is 0 Å². The lowest BCUT2D eigenvalue weighted by atomic mass is 10.0. The summed E-state index contributed by atoms with van der Waals surface area (Å²) >= 11 is 1.35. The molecule has 0 bridgehead atoms. The summed E-state index contributed by atoms with van der Waals surface area (Å²) in [4.78, 5) is 43.7. The van der Waals surface area contributed by atoms with Crippen molar-refractivity contribution in [2.45, 2.75) is 63.8 Å². The van der Waals surface area contributed by atoms with E-state index in [1.165, 1.54) is 46.8 Å². The minimum Gasteiger partial charge on any atom is -0.339 e. The molecule has 0 radical (unpaired) electrons. The molecule has 3 amide bonds. The number of hydrogen-bond acceptors (Lipinski definition) is 6. The predicted octanol–water partition coefficient (Wildman–Crippen LogP) is 3.95. The van der Waals surface area contributed by atoms with Crippen LogP contribution in [0.5, 0.6) is 0 Å². The van der Waals surface area contributed by atoms with Gasteiger partial charge in [0.1, 0.15) is 5.00 Å². The Labute approximate surface area is 234 Å². The predicted molar refractivity (Wildman–Crippen MR) is 150 cm³/mol. The van der Waals surface area contributed by atoms with Crippen molar-refractivity contribution in [3.05, 3.63) is 45.8 Å². The molecule has 210 valence electrons. The van der Waals surface area contributed by atoms with Crippen LogP contribution in [0, 0.1) is 5.92 Å². The number of benzene rings is 1. The molecular weight excluding hydrogens is 536 g/mol. The van der Waals surface area contributed by atoms with Crippen LogP contribution in [0.25, 0.3) is 0 Å². The number of anilines is 1. The third-order valence-electron chi connectivity index (χ3n) is 7.96. The van der Waals surface area contributed by atoms with Crippen LogP contribution in [0.1, 0.15) is 77.1 Å². The molecule has 0 saturated carbocycles. The van der Waals surface area contributed by atoms with Crippen molar-refractivity contribution in [1.82, 2.24) is 14.1 Å². The first-order valence-electron chi connectivity index (χ1n) is 13.8. The van der Waals surface area contributed by atoms with Crippen LogP contribution in [-0.2, 0) is 27.8 Å². The second-order valence-electron chi connectivity index (χ2n) is 10.8. The summed E-state index contributed by atoms with van der Waals surface area (Å²) in [6, 6.07) is 6.00. The number of likely N-dealkylation sites (tertiary alicyclic amines) is 1. The van der Waals surface area contributed by atoms with Crippen molar-refractivity contribution in [3.63, 3.8) is 0 Å². The molecule has 1 aromatic heterocycles. The maximum atomic E-state index is 13.6. The van der Waals surface area contributed by atoms with Gasteiger partial charge in [-0.3, -0.25) is 14.4 Å². The molecule has 4 heterocycles. The number of fused-ring (bicyclic) bond motifs is 1. The number of sulfonamides is 1. The van der Waals surface area contributed by atoms with Crippen LogP contribution in [-0.4, -0.2) is 73.0 Å². The molecule has 3 aliphatic heterocycles. The van der Waals surface area contributed by atoms with Gasteiger partial charge < -0.3 is 15.1 Å². The Morgan fingerprint density at radius 1 is 0.949 bits per heavy atom. The summed E-state index contributed by atoms with van der Waals surface area (Å²) in [5.74, 6) is -0.173. The van der Waals surface area contributed by atoms with Gasteiger partial charge in [0, 0.05) is 50.1 Å². The van der Waals surface area contributed by atoms with Crippen molar-refractivity contribution in [1.29, 1.82) is 0 Å². The quantitative estimate of drug-likeness (QED) is 0.584. The van der Waals surface area contributed by atoms with E-state index in [0.717, 1.165) is 42.5 Å². The molecule has 3 aliphatic rings. The van der Waals surface area contributed by atoms with E-state index in [1.807, 2.05) is 4.90 Å². The van der Waals surface area contributed by atoms with E-state index in [0.29, 0.717) is 67.7 Å². The lowest BCUT2D eigenvalue weighted by molar-refractivity contribution is -0.129. The Morgan fingerprint density at radius 3 is 2.33 bits per heavy atom. The Hall–Kier alpha value is -2.76. The van der Waals surface area contributed by atoms with Crippen LogP contribution in [0.15, 0.2) is 29.2 Å². The van der Waals surface area contributed by atoms with E-state index in [9.17, 15) is 22.8 Å². The van der Waals surface area contributed by atoms with Gasteiger partial charge in [-0.2, -0.15) is 4.31 Å². The van der Waals surface area contributed by atoms with Gasteiger partial charge in [-0.05, 0) is 74.3 Å². The molecule has 11 heteroatoms. The normalized spacial score (nSPS) is 20.4. The van der Waals surface area contributed by atoms with Crippen molar-refractivity contribution in [2.75, 3.05) is 38.0 Å². The first-order chi connectivity index (χ1) is 18.6. The molecule has 2 fully saturated rings. The van der Waals surface area contributed by atoms with E-state index < -0.39 is 15.9 Å². The molecule has 2 aromatic rings. The zero-order valence-electron chi connectivity index (χ0n) is 22.6. The molecule has 0 aliphatic carbocycles. The minimum atomic E-state index is -3.62. The number of nitrogens with one attached hydrogen (secondary N) is 1. The molecule has 0 spiro atoms. The summed E-state index contributed by atoms with van der Waals surface area (Å²) in [5, 5.41) is 3.43. The number of rotatable bonds is 5.